The SMILES string of the molecule is CC(C)C(C)C(=NC1CCCCCC1)NN. The van der Waals surface area contributed by atoms with E-state index in [1.165, 1.54) is 38.5 Å². The smallest absolute Gasteiger partial charge is 0.114 e. The highest BCUT2D eigenvalue weighted by atomic mass is 15.3. The van der Waals surface area contributed by atoms with Gasteiger partial charge in [-0.2, -0.15) is 0 Å². The Balaban J connectivity index is 2.61. The molecule has 3 nitrogen and oxygen atoms in total. The lowest BCUT2D eigenvalue weighted by molar-refractivity contribution is 0.505. The Morgan fingerprint density at radius 1 is 1.12 bits per heavy atom. The lowest BCUT2D eigenvalue weighted by Gasteiger charge is -2.20. The second-order valence-corrected chi connectivity index (χ2v) is 5.34. The van der Waals surface area contributed by atoms with E-state index in [-0.39, 0.29) is 0 Å². The molecule has 0 radical (unpaired) electrons. The van der Waals surface area contributed by atoms with Gasteiger partial charge in [-0.15, -0.1) is 0 Å². The number of nitrogens with one attached hydrogen (secondary N) is 1. The minimum Gasteiger partial charge on any atom is -0.312 e. The standard InChI is InChI=1S/C13H27N3/c1-10(2)11(3)13(16-14)15-12-8-6-4-5-7-9-12/h10-12H,4-9,14H2,1-3H3,(H,15,16). The molecule has 3 N–H and O–H groups in total. The molecule has 94 valence electrons. The van der Waals surface area contributed by atoms with E-state index in [4.69, 9.17) is 10.8 Å². The molecule has 1 unspecified atom stereocenters. The Morgan fingerprint density at radius 2 is 1.69 bits per heavy atom. The third-order valence-corrected chi connectivity index (χ3v) is 3.73. The molecule has 0 aliphatic heterocycles. The molecule has 1 saturated carbocycles. The normalized spacial score (nSPS) is 21.9. The van der Waals surface area contributed by atoms with Crippen molar-refractivity contribution in [2.45, 2.75) is 65.3 Å². The maximum absolute atomic E-state index is 5.59. The van der Waals surface area contributed by atoms with E-state index in [1.807, 2.05) is 0 Å². The molecular weight excluding hydrogens is 198 g/mol. The molecule has 1 aliphatic rings. The summed E-state index contributed by atoms with van der Waals surface area (Å²) in [6.07, 6.45) is 7.85. The summed E-state index contributed by atoms with van der Waals surface area (Å²) in [4.78, 5) is 4.82. The van der Waals surface area contributed by atoms with Crippen LogP contribution in [-0.2, 0) is 0 Å². The molecule has 0 aromatic carbocycles. The van der Waals surface area contributed by atoms with Gasteiger partial charge in [0.25, 0.3) is 0 Å². The van der Waals surface area contributed by atoms with Crippen molar-refractivity contribution >= 4 is 5.84 Å². The van der Waals surface area contributed by atoms with Crippen LogP contribution in [0.4, 0.5) is 0 Å². The molecule has 0 spiro atoms. The van der Waals surface area contributed by atoms with Gasteiger partial charge in [0.2, 0.25) is 0 Å². The lowest BCUT2D eigenvalue weighted by atomic mass is 9.96. The van der Waals surface area contributed by atoms with Gasteiger partial charge in [0.15, 0.2) is 0 Å². The van der Waals surface area contributed by atoms with Crippen LogP contribution >= 0.6 is 0 Å². The fraction of sp³-hybridized carbons (Fsp3) is 0.923. The molecule has 1 rings (SSSR count). The highest BCUT2D eigenvalue weighted by molar-refractivity contribution is 5.84. The number of aliphatic imine (C=N–C) groups is 1. The van der Waals surface area contributed by atoms with Crippen molar-refractivity contribution in [3.63, 3.8) is 0 Å². The third kappa shape index (κ3) is 4.12. The summed E-state index contributed by atoms with van der Waals surface area (Å²) in [5, 5.41) is 0. The Kier molecular flexibility index (Phi) is 5.81. The zero-order chi connectivity index (χ0) is 12.0. The van der Waals surface area contributed by atoms with Crippen LogP contribution in [0.1, 0.15) is 59.3 Å². The lowest BCUT2D eigenvalue weighted by Crippen LogP contribution is -2.38. The number of rotatable bonds is 3. The predicted octanol–water partition coefficient (Wildman–Crippen LogP) is 2.86. The summed E-state index contributed by atoms with van der Waals surface area (Å²) >= 11 is 0. The van der Waals surface area contributed by atoms with Gasteiger partial charge in [0.1, 0.15) is 5.84 Å². The first-order valence-corrected chi connectivity index (χ1v) is 6.69. The topological polar surface area (TPSA) is 50.4 Å². The molecule has 0 saturated heterocycles. The maximum atomic E-state index is 5.59. The fourth-order valence-corrected chi connectivity index (χ4v) is 2.19. The van der Waals surface area contributed by atoms with Crippen LogP contribution in [0.2, 0.25) is 0 Å². The first-order valence-electron chi connectivity index (χ1n) is 6.69. The minimum absolute atomic E-state index is 0.424. The molecule has 0 aromatic rings. The van der Waals surface area contributed by atoms with Crippen LogP contribution in [-0.4, -0.2) is 11.9 Å². The summed E-state index contributed by atoms with van der Waals surface area (Å²) in [5.41, 5.74) is 2.80. The fourth-order valence-electron chi connectivity index (χ4n) is 2.19. The number of nitrogens with two attached hydrogens (primary N) is 1. The second kappa shape index (κ2) is 6.89. The zero-order valence-corrected chi connectivity index (χ0v) is 11.0. The number of nitrogens with zero attached hydrogens (tertiary/aromatic N) is 1. The second-order valence-electron chi connectivity index (χ2n) is 5.34. The molecule has 16 heavy (non-hydrogen) atoms. The largest absolute Gasteiger partial charge is 0.312 e. The molecular formula is C13H27N3. The van der Waals surface area contributed by atoms with E-state index in [0.717, 1.165) is 5.84 Å². The first kappa shape index (κ1) is 13.5. The van der Waals surface area contributed by atoms with E-state index in [0.29, 0.717) is 17.9 Å². The van der Waals surface area contributed by atoms with Crippen molar-refractivity contribution in [2.24, 2.45) is 22.7 Å². The Labute approximate surface area is 99.9 Å². The van der Waals surface area contributed by atoms with Gasteiger partial charge in [-0.1, -0.05) is 46.5 Å². The number of amidine groups is 1. The highest BCUT2D eigenvalue weighted by Crippen LogP contribution is 2.21. The van der Waals surface area contributed by atoms with Gasteiger partial charge in [0, 0.05) is 5.92 Å². The van der Waals surface area contributed by atoms with Crippen LogP contribution in [0.25, 0.3) is 0 Å². The van der Waals surface area contributed by atoms with Gasteiger partial charge in [-0.3, -0.25) is 4.99 Å². The quantitative estimate of drug-likeness (QED) is 0.255. The average molecular weight is 225 g/mol. The third-order valence-electron chi connectivity index (χ3n) is 3.73. The predicted molar refractivity (Wildman–Crippen MR) is 70.3 cm³/mol. The number of hydrogen-bond donors (Lipinski definition) is 2. The van der Waals surface area contributed by atoms with Crippen LogP contribution in [0, 0.1) is 11.8 Å². The molecule has 0 bridgehead atoms. The molecule has 0 amide bonds. The Morgan fingerprint density at radius 3 is 2.12 bits per heavy atom. The van der Waals surface area contributed by atoms with Gasteiger partial charge >= 0.3 is 0 Å². The van der Waals surface area contributed by atoms with Crippen LogP contribution in [0.3, 0.4) is 0 Å². The van der Waals surface area contributed by atoms with Crippen LogP contribution < -0.4 is 11.3 Å². The van der Waals surface area contributed by atoms with Crippen molar-refractivity contribution < 1.29 is 0 Å². The van der Waals surface area contributed by atoms with E-state index < -0.39 is 0 Å². The van der Waals surface area contributed by atoms with Gasteiger partial charge < -0.3 is 5.43 Å². The van der Waals surface area contributed by atoms with Crippen LogP contribution in [0.15, 0.2) is 4.99 Å². The van der Waals surface area contributed by atoms with Crippen molar-refractivity contribution in [2.75, 3.05) is 0 Å². The highest BCUT2D eigenvalue weighted by Gasteiger charge is 2.17. The van der Waals surface area contributed by atoms with E-state index in [9.17, 15) is 0 Å². The molecule has 3 heteroatoms. The van der Waals surface area contributed by atoms with E-state index >= 15 is 0 Å². The zero-order valence-electron chi connectivity index (χ0n) is 11.0. The van der Waals surface area contributed by atoms with E-state index in [1.54, 1.807) is 0 Å². The van der Waals surface area contributed by atoms with Gasteiger partial charge in [0.05, 0.1) is 6.04 Å². The summed E-state index contributed by atoms with van der Waals surface area (Å²) in [6, 6.07) is 0.495. The number of hydrazine groups is 1. The molecule has 0 heterocycles. The van der Waals surface area contributed by atoms with Gasteiger partial charge in [-0.25, -0.2) is 5.84 Å². The molecule has 0 aromatic heterocycles. The van der Waals surface area contributed by atoms with E-state index in [2.05, 4.69) is 26.2 Å². The summed E-state index contributed by atoms with van der Waals surface area (Å²) < 4.78 is 0. The van der Waals surface area contributed by atoms with Gasteiger partial charge in [-0.05, 0) is 18.8 Å². The van der Waals surface area contributed by atoms with Crippen LogP contribution in [0.5, 0.6) is 0 Å². The van der Waals surface area contributed by atoms with Crippen molar-refractivity contribution in [1.29, 1.82) is 0 Å². The Bertz CT molecular complexity index is 215. The number of hydrogen-bond acceptors (Lipinski definition) is 2. The summed E-state index contributed by atoms with van der Waals surface area (Å²) in [6.45, 7) is 6.62. The Hall–Kier alpha value is -0.570. The van der Waals surface area contributed by atoms with Crippen molar-refractivity contribution in [1.82, 2.24) is 5.43 Å². The molecule has 1 aliphatic carbocycles. The van der Waals surface area contributed by atoms with Crippen molar-refractivity contribution in [3.8, 4) is 0 Å². The summed E-state index contributed by atoms with van der Waals surface area (Å²) in [7, 11) is 0. The van der Waals surface area contributed by atoms with Crippen molar-refractivity contribution in [3.05, 3.63) is 0 Å². The maximum Gasteiger partial charge on any atom is 0.114 e. The minimum atomic E-state index is 0.424. The monoisotopic (exact) mass is 225 g/mol. The molecule has 1 atom stereocenters. The first-order chi connectivity index (χ1) is 7.65. The molecule has 1 fully saturated rings. The summed E-state index contributed by atoms with van der Waals surface area (Å²) in [5.74, 6) is 7.58. The average Bonchev–Trinajstić information content (AvgIpc) is 2.53.